The van der Waals surface area contributed by atoms with Crippen LogP contribution >= 0.6 is 0 Å². The van der Waals surface area contributed by atoms with E-state index in [1.165, 1.54) is 0 Å². The summed E-state index contributed by atoms with van der Waals surface area (Å²) in [6.45, 7) is 3.98. The van der Waals surface area contributed by atoms with Crippen LogP contribution in [-0.2, 0) is 31.4 Å². The third-order valence-corrected chi connectivity index (χ3v) is 4.94. The van der Waals surface area contributed by atoms with Gasteiger partial charge in [0.1, 0.15) is 5.75 Å². The molecule has 2 aliphatic rings. The van der Waals surface area contributed by atoms with Gasteiger partial charge in [-0.15, -0.1) is 6.07 Å². The summed E-state index contributed by atoms with van der Waals surface area (Å²) >= 11 is 0. The summed E-state index contributed by atoms with van der Waals surface area (Å²) in [5, 5.41) is 0. The fraction of sp³-hybridized carbons (Fsp3) is 0.120. The molecule has 3 nitrogen and oxygen atoms in total. The Bertz CT molecular complexity index is 1020. The number of carbonyl (C=O) groups is 1. The molecule has 7 heteroatoms. The summed E-state index contributed by atoms with van der Waals surface area (Å²) in [6, 6.07) is 20.8. The Morgan fingerprint density at radius 1 is 0.812 bits per heavy atom. The minimum atomic E-state index is -0.978. The third kappa shape index (κ3) is 6.50. The molecule has 152 valence electrons. The van der Waals surface area contributed by atoms with E-state index in [4.69, 9.17) is 9.47 Å². The van der Waals surface area contributed by atoms with Crippen molar-refractivity contribution in [2.24, 2.45) is 0 Å². The van der Waals surface area contributed by atoms with E-state index in [0.717, 1.165) is 27.8 Å². The molecule has 5 rings (SSSR count). The number of carbonyl (C=O) groups excluding carboxylic acids is 1. The zero-order chi connectivity index (χ0) is 17.2. The Hall–Kier alpha value is 2.53. The van der Waals surface area contributed by atoms with Crippen molar-refractivity contribution < 1.29 is 189 Å². The summed E-state index contributed by atoms with van der Waals surface area (Å²) in [5.74, 6) is 1.01. The SMILES string of the molecule is Cc1[c-]c2c(cc1)C1(OC(=O)c3ccccc31)c1ccc(C)cc1O2.[CH3-].[CH3-].[CH3-].[K+].[K+].[K+].[W]. The van der Waals surface area contributed by atoms with Crippen molar-refractivity contribution in [3.8, 4) is 11.5 Å². The Labute approximate surface area is 335 Å². The molecular weight excluding hydrogens is 649 g/mol. The molecule has 0 aromatic heterocycles. The van der Waals surface area contributed by atoms with Gasteiger partial charge in [-0.2, -0.15) is 17.7 Å². The fourth-order valence-corrected chi connectivity index (χ4v) is 3.81. The van der Waals surface area contributed by atoms with Gasteiger partial charge in [-0.05, 0) is 24.6 Å². The second-order valence-electron chi connectivity index (χ2n) is 6.60. The van der Waals surface area contributed by atoms with Gasteiger partial charge in [0.2, 0.25) is 0 Å². The number of ether oxygens (including phenoxy) is 2. The van der Waals surface area contributed by atoms with Crippen molar-refractivity contribution in [1.82, 2.24) is 0 Å². The largest absolute Gasteiger partial charge is 1.00 e. The molecule has 0 fully saturated rings. The molecule has 0 N–H and O–H groups in total. The van der Waals surface area contributed by atoms with E-state index >= 15 is 0 Å². The van der Waals surface area contributed by atoms with E-state index in [1.807, 2.05) is 68.4 Å². The zero-order valence-electron chi connectivity index (χ0n) is 20.3. The molecule has 3 aromatic rings. The average Bonchev–Trinajstić information content (AvgIpc) is 2.88. The van der Waals surface area contributed by atoms with Gasteiger partial charge in [-0.3, -0.25) is 0 Å². The molecule has 0 radical (unpaired) electrons. The summed E-state index contributed by atoms with van der Waals surface area (Å²) < 4.78 is 12.2. The summed E-state index contributed by atoms with van der Waals surface area (Å²) in [6.07, 6.45) is 0. The minimum Gasteiger partial charge on any atom is -0.482 e. The maximum Gasteiger partial charge on any atom is 1.00 e. The molecule has 2 heterocycles. The number of hydrogen-bond donors (Lipinski definition) is 0. The number of esters is 1. The van der Waals surface area contributed by atoms with E-state index in [0.29, 0.717) is 17.1 Å². The van der Waals surface area contributed by atoms with E-state index in [2.05, 4.69) is 6.07 Å². The van der Waals surface area contributed by atoms with Crippen molar-refractivity contribution in [2.45, 2.75) is 19.4 Å². The van der Waals surface area contributed by atoms with Crippen LogP contribution in [0.3, 0.4) is 0 Å². The van der Waals surface area contributed by atoms with E-state index in [9.17, 15) is 4.79 Å². The smallest absolute Gasteiger partial charge is 0.482 e. The number of benzene rings is 3. The Morgan fingerprint density at radius 3 is 2.12 bits per heavy atom. The van der Waals surface area contributed by atoms with Gasteiger partial charge < -0.3 is 31.8 Å². The van der Waals surface area contributed by atoms with Crippen LogP contribution in [0.15, 0.2) is 54.6 Å². The predicted molar refractivity (Wildman–Crippen MR) is 112 cm³/mol. The number of aryl methyl sites for hydroxylation is 2. The van der Waals surface area contributed by atoms with Crippen LogP contribution in [0.5, 0.6) is 11.5 Å². The van der Waals surface area contributed by atoms with Crippen molar-refractivity contribution in [3.63, 3.8) is 0 Å². The molecule has 0 amide bonds. The maximum atomic E-state index is 12.6. The first-order chi connectivity index (χ1) is 12.1. The van der Waals surface area contributed by atoms with Gasteiger partial charge in [0.05, 0.1) is 5.56 Å². The summed E-state index contributed by atoms with van der Waals surface area (Å²) in [5.41, 5.74) is 4.20. The van der Waals surface area contributed by atoms with Crippen LogP contribution in [0.1, 0.15) is 38.2 Å². The molecule has 32 heavy (non-hydrogen) atoms. The molecule has 0 aliphatic carbocycles. The van der Waals surface area contributed by atoms with Crippen molar-refractivity contribution in [3.05, 3.63) is 116 Å². The maximum absolute atomic E-state index is 12.6. The number of fused-ring (bicyclic) bond motifs is 6. The molecule has 1 unspecified atom stereocenters. The molecule has 0 saturated carbocycles. The molecule has 2 aliphatic heterocycles. The Balaban J connectivity index is -0.00000120. The van der Waals surface area contributed by atoms with Crippen LogP contribution in [0.2, 0.25) is 0 Å². The standard InChI is InChI=1S/C22H15O3.3CH3.3K.W/c1-13-7-9-17-19(11-13)24-20-12-14(2)8-10-18(20)22(17)16-6-4-3-5-15(16)21(23)25-22;;;;;;;/h3-11H,1-2H3;3*1H3;;;;/q4*-1;3*+1;. The van der Waals surface area contributed by atoms with Crippen LogP contribution in [0.25, 0.3) is 0 Å². The van der Waals surface area contributed by atoms with Crippen molar-refractivity contribution >= 4 is 5.97 Å². The van der Waals surface area contributed by atoms with Crippen LogP contribution in [0.4, 0.5) is 0 Å². The second kappa shape index (κ2) is 15.7. The van der Waals surface area contributed by atoms with E-state index in [-0.39, 0.29) is 203 Å². The number of hydrogen-bond acceptors (Lipinski definition) is 3. The first kappa shape index (κ1) is 39.0. The quantitative estimate of drug-likeness (QED) is 0.146. The molecule has 1 spiro atoms. The fourth-order valence-electron chi connectivity index (χ4n) is 3.81. The first-order valence-corrected chi connectivity index (χ1v) is 8.25. The van der Waals surface area contributed by atoms with Crippen LogP contribution in [0, 0.1) is 42.2 Å². The Kier molecular flexibility index (Phi) is 19.2. The topological polar surface area (TPSA) is 35.5 Å². The minimum absolute atomic E-state index is 0. The average molecular weight is 674 g/mol. The molecule has 1 atom stereocenters. The van der Waals surface area contributed by atoms with Gasteiger partial charge in [-0.25, -0.2) is 4.79 Å². The predicted octanol–water partition coefficient (Wildman–Crippen LogP) is -2.97. The zero-order valence-corrected chi connectivity index (χ0v) is 32.6. The molecule has 3 aromatic carbocycles. The molecule has 0 saturated heterocycles. The second-order valence-corrected chi connectivity index (χ2v) is 6.60. The normalized spacial score (nSPS) is 15.4. The Morgan fingerprint density at radius 2 is 1.44 bits per heavy atom. The van der Waals surface area contributed by atoms with Gasteiger partial charge in [0, 0.05) is 37.9 Å². The summed E-state index contributed by atoms with van der Waals surface area (Å²) in [7, 11) is 0. The first-order valence-electron chi connectivity index (χ1n) is 8.25. The third-order valence-electron chi connectivity index (χ3n) is 4.94. The summed E-state index contributed by atoms with van der Waals surface area (Å²) in [4.78, 5) is 12.6. The monoisotopic (exact) mass is 673 g/mol. The van der Waals surface area contributed by atoms with Gasteiger partial charge in [0.25, 0.3) is 0 Å². The van der Waals surface area contributed by atoms with E-state index < -0.39 is 5.60 Å². The van der Waals surface area contributed by atoms with E-state index in [1.54, 1.807) is 0 Å². The molecule has 0 bridgehead atoms. The molecular formula is C25H24K3O3W-. The van der Waals surface area contributed by atoms with Gasteiger partial charge in [-0.1, -0.05) is 42.8 Å². The van der Waals surface area contributed by atoms with Crippen LogP contribution < -0.4 is 159 Å². The van der Waals surface area contributed by atoms with Crippen molar-refractivity contribution in [1.29, 1.82) is 0 Å². The van der Waals surface area contributed by atoms with Gasteiger partial charge >= 0.3 is 160 Å². The van der Waals surface area contributed by atoms with Crippen molar-refractivity contribution in [2.75, 3.05) is 0 Å². The van der Waals surface area contributed by atoms with Gasteiger partial charge in [0.15, 0.2) is 5.60 Å². The number of rotatable bonds is 0. The van der Waals surface area contributed by atoms with Crippen LogP contribution in [-0.4, -0.2) is 5.97 Å².